The third-order valence-electron chi connectivity index (χ3n) is 4.70. The number of fused-ring (bicyclic) bond motifs is 1. The Morgan fingerprint density at radius 1 is 1.31 bits per heavy atom. The number of rotatable bonds is 3. The van der Waals surface area contributed by atoms with Crippen molar-refractivity contribution in [1.29, 1.82) is 0 Å². The predicted octanol–water partition coefficient (Wildman–Crippen LogP) is 0.627. The average molecular weight is 363 g/mol. The smallest absolute Gasteiger partial charge is 0.312 e. The van der Waals surface area contributed by atoms with Crippen molar-refractivity contribution in [2.45, 2.75) is 19.4 Å². The molecule has 0 unspecified atom stereocenters. The number of hydrogen-bond acceptors (Lipinski definition) is 4. The number of likely N-dealkylation sites (N-methyl/N-ethyl adjacent to an activating group) is 1. The summed E-state index contributed by atoms with van der Waals surface area (Å²) in [7, 11) is 1.55. The second-order valence-electron chi connectivity index (χ2n) is 6.54. The minimum absolute atomic E-state index is 0.0886. The van der Waals surface area contributed by atoms with Crippen LogP contribution in [0.5, 0.6) is 5.75 Å². The normalized spacial score (nSPS) is 16.8. The molecule has 2 heterocycles. The quantitative estimate of drug-likeness (QED) is 0.739. The van der Waals surface area contributed by atoms with Gasteiger partial charge < -0.3 is 19.4 Å². The zero-order valence-corrected chi connectivity index (χ0v) is 14.7. The van der Waals surface area contributed by atoms with E-state index < -0.39 is 17.6 Å². The Bertz CT molecular complexity index is 724. The molecule has 1 aromatic rings. The number of nitrogens with zero attached hydrogens (tertiary/aromatic N) is 3. The lowest BCUT2D eigenvalue weighted by molar-refractivity contribution is -0.151. The van der Waals surface area contributed by atoms with Gasteiger partial charge in [-0.05, 0) is 12.5 Å². The second kappa shape index (κ2) is 7.72. The van der Waals surface area contributed by atoms with Crippen LogP contribution in [-0.2, 0) is 20.9 Å². The molecule has 7 nitrogen and oxygen atoms in total. The van der Waals surface area contributed by atoms with Gasteiger partial charge in [0, 0.05) is 51.3 Å². The van der Waals surface area contributed by atoms with Gasteiger partial charge in [0.15, 0.2) is 0 Å². The van der Waals surface area contributed by atoms with Crippen molar-refractivity contribution in [2.75, 3.05) is 39.8 Å². The topological polar surface area (TPSA) is 70.2 Å². The molecule has 1 fully saturated rings. The SMILES string of the molecule is CN(CCN1CCCC1=O)C(=O)C(=O)N1CCOc2cc(F)ccc2C1. The Morgan fingerprint density at radius 2 is 2.12 bits per heavy atom. The molecule has 3 rings (SSSR count). The summed E-state index contributed by atoms with van der Waals surface area (Å²) < 4.78 is 18.8. The summed E-state index contributed by atoms with van der Waals surface area (Å²) in [6.07, 6.45) is 1.38. The Hall–Kier alpha value is -2.64. The Balaban J connectivity index is 1.59. The highest BCUT2D eigenvalue weighted by atomic mass is 19.1. The van der Waals surface area contributed by atoms with Crippen molar-refractivity contribution in [3.63, 3.8) is 0 Å². The number of carbonyl (C=O) groups excluding carboxylic acids is 3. The molecule has 0 spiro atoms. The first-order valence-electron chi connectivity index (χ1n) is 8.69. The van der Waals surface area contributed by atoms with E-state index in [1.54, 1.807) is 18.0 Å². The second-order valence-corrected chi connectivity index (χ2v) is 6.54. The fourth-order valence-electron chi connectivity index (χ4n) is 3.13. The molecule has 1 saturated heterocycles. The number of hydrogen-bond donors (Lipinski definition) is 0. The minimum Gasteiger partial charge on any atom is -0.491 e. The fraction of sp³-hybridized carbons (Fsp3) is 0.500. The summed E-state index contributed by atoms with van der Waals surface area (Å²) in [5, 5.41) is 0. The number of carbonyl (C=O) groups is 3. The van der Waals surface area contributed by atoms with E-state index in [0.29, 0.717) is 37.4 Å². The van der Waals surface area contributed by atoms with Crippen LogP contribution in [0, 0.1) is 5.82 Å². The van der Waals surface area contributed by atoms with Crippen molar-refractivity contribution in [3.8, 4) is 5.75 Å². The first-order valence-corrected chi connectivity index (χ1v) is 8.69. The molecule has 2 aliphatic rings. The maximum absolute atomic E-state index is 13.3. The zero-order valence-electron chi connectivity index (χ0n) is 14.7. The van der Waals surface area contributed by atoms with E-state index in [9.17, 15) is 18.8 Å². The van der Waals surface area contributed by atoms with Gasteiger partial charge >= 0.3 is 11.8 Å². The van der Waals surface area contributed by atoms with Gasteiger partial charge in [0.05, 0.1) is 6.54 Å². The number of amides is 3. The van der Waals surface area contributed by atoms with E-state index in [0.717, 1.165) is 6.42 Å². The Kier molecular flexibility index (Phi) is 5.39. The summed E-state index contributed by atoms with van der Waals surface area (Å²) >= 11 is 0. The molecular formula is C18H22FN3O4. The van der Waals surface area contributed by atoms with Gasteiger partial charge in [-0.2, -0.15) is 0 Å². The maximum atomic E-state index is 13.3. The van der Waals surface area contributed by atoms with Crippen molar-refractivity contribution in [3.05, 3.63) is 29.6 Å². The molecule has 1 aromatic carbocycles. The Labute approximate surface area is 151 Å². The molecule has 8 heteroatoms. The van der Waals surface area contributed by atoms with Crippen molar-refractivity contribution >= 4 is 17.7 Å². The lowest BCUT2D eigenvalue weighted by Crippen LogP contribution is -2.46. The number of ether oxygens (including phenoxy) is 1. The van der Waals surface area contributed by atoms with Gasteiger partial charge in [0.2, 0.25) is 5.91 Å². The summed E-state index contributed by atoms with van der Waals surface area (Å²) in [5.74, 6) is -1.17. The van der Waals surface area contributed by atoms with Crippen LogP contribution in [0.1, 0.15) is 18.4 Å². The van der Waals surface area contributed by atoms with Gasteiger partial charge in [-0.15, -0.1) is 0 Å². The Morgan fingerprint density at radius 3 is 2.85 bits per heavy atom. The summed E-state index contributed by atoms with van der Waals surface area (Å²) in [6.45, 7) is 2.08. The molecule has 0 aromatic heterocycles. The monoisotopic (exact) mass is 363 g/mol. The van der Waals surface area contributed by atoms with Crippen LogP contribution in [0.4, 0.5) is 4.39 Å². The van der Waals surface area contributed by atoms with Crippen molar-refractivity contribution < 1.29 is 23.5 Å². The number of likely N-dealkylation sites (tertiary alicyclic amines) is 1. The van der Waals surface area contributed by atoms with Gasteiger partial charge in [-0.3, -0.25) is 14.4 Å². The van der Waals surface area contributed by atoms with Crippen molar-refractivity contribution in [2.24, 2.45) is 0 Å². The molecule has 3 amide bonds. The first kappa shape index (κ1) is 18.2. The highest BCUT2D eigenvalue weighted by Crippen LogP contribution is 2.24. The van der Waals surface area contributed by atoms with Crippen LogP contribution in [-0.4, -0.2) is 72.3 Å². The molecular weight excluding hydrogens is 341 g/mol. The largest absolute Gasteiger partial charge is 0.491 e. The predicted molar refractivity (Wildman–Crippen MR) is 90.8 cm³/mol. The molecule has 140 valence electrons. The first-order chi connectivity index (χ1) is 12.5. The third-order valence-corrected chi connectivity index (χ3v) is 4.70. The van der Waals surface area contributed by atoms with Gasteiger partial charge in [-0.1, -0.05) is 6.07 Å². The van der Waals surface area contributed by atoms with Crippen LogP contribution in [0.25, 0.3) is 0 Å². The summed E-state index contributed by atoms with van der Waals surface area (Å²) in [6, 6.07) is 4.14. The van der Waals surface area contributed by atoms with Crippen LogP contribution >= 0.6 is 0 Å². The van der Waals surface area contributed by atoms with Crippen LogP contribution < -0.4 is 4.74 Å². The lowest BCUT2D eigenvalue weighted by atomic mass is 10.2. The van der Waals surface area contributed by atoms with Crippen LogP contribution in [0.2, 0.25) is 0 Å². The molecule has 2 aliphatic heterocycles. The highest BCUT2D eigenvalue weighted by molar-refractivity contribution is 6.34. The molecule has 0 bridgehead atoms. The molecule has 0 radical (unpaired) electrons. The zero-order chi connectivity index (χ0) is 18.7. The highest BCUT2D eigenvalue weighted by Gasteiger charge is 2.28. The van der Waals surface area contributed by atoms with Gasteiger partial charge in [0.25, 0.3) is 0 Å². The van der Waals surface area contributed by atoms with E-state index in [4.69, 9.17) is 4.74 Å². The van der Waals surface area contributed by atoms with E-state index in [1.807, 2.05) is 0 Å². The molecule has 0 N–H and O–H groups in total. The standard InChI is InChI=1S/C18H22FN3O4/c1-20(7-8-21-6-2-3-16(21)23)17(24)18(25)22-9-10-26-15-11-14(19)5-4-13(15)12-22/h4-5,11H,2-3,6-10,12H2,1H3. The fourth-order valence-corrected chi connectivity index (χ4v) is 3.13. The molecule has 0 aliphatic carbocycles. The van der Waals surface area contributed by atoms with Crippen molar-refractivity contribution in [1.82, 2.24) is 14.7 Å². The molecule has 0 saturated carbocycles. The van der Waals surface area contributed by atoms with E-state index in [-0.39, 0.29) is 25.6 Å². The lowest BCUT2D eigenvalue weighted by Gasteiger charge is -2.25. The van der Waals surface area contributed by atoms with Gasteiger partial charge in [0.1, 0.15) is 18.2 Å². The van der Waals surface area contributed by atoms with Crippen LogP contribution in [0.15, 0.2) is 18.2 Å². The minimum atomic E-state index is -0.624. The maximum Gasteiger partial charge on any atom is 0.312 e. The van der Waals surface area contributed by atoms with E-state index in [1.165, 1.54) is 21.9 Å². The van der Waals surface area contributed by atoms with Crippen LogP contribution in [0.3, 0.4) is 0 Å². The third kappa shape index (κ3) is 3.95. The summed E-state index contributed by atoms with van der Waals surface area (Å²) in [5.41, 5.74) is 0.662. The summed E-state index contributed by atoms with van der Waals surface area (Å²) in [4.78, 5) is 41.1. The number of halogens is 1. The average Bonchev–Trinajstić information content (AvgIpc) is 2.92. The van der Waals surface area contributed by atoms with Gasteiger partial charge in [-0.25, -0.2) is 4.39 Å². The van der Waals surface area contributed by atoms with E-state index in [2.05, 4.69) is 0 Å². The molecule has 0 atom stereocenters. The number of benzene rings is 1. The molecule has 26 heavy (non-hydrogen) atoms. The van der Waals surface area contributed by atoms with E-state index >= 15 is 0 Å².